The van der Waals surface area contributed by atoms with Crippen molar-refractivity contribution in [2.24, 2.45) is 0 Å². The molecule has 1 amide bonds. The standard InChI is InChI=1S/C22H27N3O3S/c1-27-19-11-10-16(14-20(19)28-2)6-4-12-23-22(29)24-17-7-3-8-18(15-17)25-13-5-9-21(25)26/h3,7-8,10-11,14-15H,4-6,9,12-13H2,1-2H3,(H2,23,24,29). The number of carbonyl (C=O) groups excluding carboxylic acids is 1. The summed E-state index contributed by atoms with van der Waals surface area (Å²) in [6.45, 7) is 1.53. The van der Waals surface area contributed by atoms with Gasteiger partial charge in [-0.05, 0) is 67.4 Å². The normalized spacial score (nSPS) is 13.3. The average molecular weight is 414 g/mol. The van der Waals surface area contributed by atoms with E-state index in [4.69, 9.17) is 21.7 Å². The molecule has 2 aromatic carbocycles. The first kappa shape index (κ1) is 20.9. The minimum Gasteiger partial charge on any atom is -0.493 e. The van der Waals surface area contributed by atoms with E-state index in [1.165, 1.54) is 5.56 Å². The van der Waals surface area contributed by atoms with Crippen molar-refractivity contribution in [1.29, 1.82) is 0 Å². The van der Waals surface area contributed by atoms with Gasteiger partial charge in [0.15, 0.2) is 16.6 Å². The fraction of sp³-hybridized carbons (Fsp3) is 0.364. The highest BCUT2D eigenvalue weighted by Crippen LogP contribution is 2.28. The Labute approximate surface area is 177 Å². The van der Waals surface area contributed by atoms with E-state index in [1.54, 1.807) is 14.2 Å². The lowest BCUT2D eigenvalue weighted by atomic mass is 10.1. The molecule has 1 fully saturated rings. The molecule has 2 N–H and O–H groups in total. The molecule has 1 saturated heterocycles. The molecular weight excluding hydrogens is 386 g/mol. The maximum atomic E-state index is 11.9. The number of nitrogens with one attached hydrogen (secondary N) is 2. The van der Waals surface area contributed by atoms with Crippen LogP contribution in [0, 0.1) is 0 Å². The predicted octanol–water partition coefficient (Wildman–Crippen LogP) is 3.75. The number of rotatable bonds is 8. The summed E-state index contributed by atoms with van der Waals surface area (Å²) in [6.07, 6.45) is 3.37. The number of thiocarbonyl (C=S) groups is 1. The van der Waals surface area contributed by atoms with Crippen LogP contribution in [0.25, 0.3) is 0 Å². The number of carbonyl (C=O) groups is 1. The lowest BCUT2D eigenvalue weighted by Crippen LogP contribution is -2.29. The second-order valence-corrected chi connectivity index (χ2v) is 7.28. The fourth-order valence-electron chi connectivity index (χ4n) is 3.38. The fourth-order valence-corrected chi connectivity index (χ4v) is 3.60. The minimum atomic E-state index is 0.179. The van der Waals surface area contributed by atoms with Crippen molar-refractivity contribution in [3.8, 4) is 11.5 Å². The van der Waals surface area contributed by atoms with Crippen molar-refractivity contribution < 1.29 is 14.3 Å². The van der Waals surface area contributed by atoms with Crippen LogP contribution in [0.3, 0.4) is 0 Å². The van der Waals surface area contributed by atoms with E-state index in [0.717, 1.165) is 55.2 Å². The van der Waals surface area contributed by atoms with Crippen LogP contribution in [0.1, 0.15) is 24.8 Å². The Morgan fingerprint density at radius 3 is 2.69 bits per heavy atom. The molecule has 3 rings (SSSR count). The summed E-state index contributed by atoms with van der Waals surface area (Å²) in [7, 11) is 3.27. The van der Waals surface area contributed by atoms with Gasteiger partial charge in [-0.1, -0.05) is 12.1 Å². The number of hydrogen-bond donors (Lipinski definition) is 2. The molecule has 0 aromatic heterocycles. The Morgan fingerprint density at radius 2 is 1.97 bits per heavy atom. The maximum absolute atomic E-state index is 11.9. The molecule has 0 aliphatic carbocycles. The summed E-state index contributed by atoms with van der Waals surface area (Å²) in [5, 5.41) is 7.00. The molecular formula is C22H27N3O3S. The van der Waals surface area contributed by atoms with Gasteiger partial charge in [0.1, 0.15) is 0 Å². The van der Waals surface area contributed by atoms with Crippen LogP contribution in [0.15, 0.2) is 42.5 Å². The second kappa shape index (κ2) is 10.1. The van der Waals surface area contributed by atoms with Crippen LogP contribution < -0.4 is 25.0 Å². The number of anilines is 2. The van der Waals surface area contributed by atoms with Gasteiger partial charge in [-0.15, -0.1) is 0 Å². The van der Waals surface area contributed by atoms with Gasteiger partial charge in [0.2, 0.25) is 5.91 Å². The molecule has 0 bridgehead atoms. The predicted molar refractivity (Wildman–Crippen MR) is 120 cm³/mol. The molecule has 0 radical (unpaired) electrons. The number of methoxy groups -OCH3 is 2. The summed E-state index contributed by atoms with van der Waals surface area (Å²) in [6, 6.07) is 13.8. The smallest absolute Gasteiger partial charge is 0.227 e. The third-order valence-corrected chi connectivity index (χ3v) is 5.11. The van der Waals surface area contributed by atoms with Gasteiger partial charge in [0, 0.05) is 30.9 Å². The van der Waals surface area contributed by atoms with Gasteiger partial charge in [0.05, 0.1) is 14.2 Å². The van der Waals surface area contributed by atoms with Gasteiger partial charge in [0.25, 0.3) is 0 Å². The summed E-state index contributed by atoms with van der Waals surface area (Å²) in [5.41, 5.74) is 2.97. The Morgan fingerprint density at radius 1 is 1.14 bits per heavy atom. The van der Waals surface area contributed by atoms with E-state index in [2.05, 4.69) is 10.6 Å². The molecule has 0 spiro atoms. The van der Waals surface area contributed by atoms with Crippen LogP contribution in [-0.4, -0.2) is 38.3 Å². The first-order valence-electron chi connectivity index (χ1n) is 9.77. The lowest BCUT2D eigenvalue weighted by molar-refractivity contribution is -0.117. The topological polar surface area (TPSA) is 62.8 Å². The molecule has 0 saturated carbocycles. The van der Waals surface area contributed by atoms with Crippen molar-refractivity contribution in [1.82, 2.24) is 5.32 Å². The van der Waals surface area contributed by atoms with E-state index in [1.807, 2.05) is 47.4 Å². The Bertz CT molecular complexity index is 872. The summed E-state index contributed by atoms with van der Waals surface area (Å²) in [5.74, 6) is 1.65. The zero-order chi connectivity index (χ0) is 20.6. The van der Waals surface area contributed by atoms with Crippen molar-refractivity contribution in [3.63, 3.8) is 0 Å². The Hall–Kier alpha value is -2.80. The maximum Gasteiger partial charge on any atom is 0.227 e. The van der Waals surface area contributed by atoms with E-state index in [9.17, 15) is 4.79 Å². The van der Waals surface area contributed by atoms with Crippen LogP contribution in [0.5, 0.6) is 11.5 Å². The van der Waals surface area contributed by atoms with E-state index in [-0.39, 0.29) is 5.91 Å². The molecule has 154 valence electrons. The van der Waals surface area contributed by atoms with Crippen LogP contribution in [0.4, 0.5) is 11.4 Å². The Kier molecular flexibility index (Phi) is 7.30. The highest BCUT2D eigenvalue weighted by molar-refractivity contribution is 7.80. The second-order valence-electron chi connectivity index (χ2n) is 6.87. The first-order valence-corrected chi connectivity index (χ1v) is 10.2. The van der Waals surface area contributed by atoms with Crippen molar-refractivity contribution >= 4 is 34.6 Å². The number of ether oxygens (including phenoxy) is 2. The first-order chi connectivity index (χ1) is 14.1. The molecule has 1 aliphatic rings. The molecule has 29 heavy (non-hydrogen) atoms. The molecule has 0 unspecified atom stereocenters. The number of amides is 1. The van der Waals surface area contributed by atoms with Crippen molar-refractivity contribution in [2.75, 3.05) is 37.5 Å². The highest BCUT2D eigenvalue weighted by Gasteiger charge is 2.21. The molecule has 0 atom stereocenters. The summed E-state index contributed by atoms with van der Waals surface area (Å²) >= 11 is 5.40. The molecule has 7 heteroatoms. The third-order valence-electron chi connectivity index (χ3n) is 4.86. The molecule has 1 aliphatic heterocycles. The zero-order valence-electron chi connectivity index (χ0n) is 16.9. The highest BCUT2D eigenvalue weighted by atomic mass is 32.1. The van der Waals surface area contributed by atoms with Gasteiger partial charge >= 0.3 is 0 Å². The van der Waals surface area contributed by atoms with Gasteiger partial charge in [-0.2, -0.15) is 0 Å². The zero-order valence-corrected chi connectivity index (χ0v) is 17.7. The van der Waals surface area contributed by atoms with Gasteiger partial charge < -0.3 is 25.0 Å². The largest absolute Gasteiger partial charge is 0.493 e. The lowest BCUT2D eigenvalue weighted by Gasteiger charge is -2.17. The molecule has 2 aromatic rings. The monoisotopic (exact) mass is 413 g/mol. The van der Waals surface area contributed by atoms with E-state index in [0.29, 0.717) is 11.5 Å². The third kappa shape index (κ3) is 5.60. The Balaban J connectivity index is 1.45. The van der Waals surface area contributed by atoms with Gasteiger partial charge in [-0.3, -0.25) is 4.79 Å². The average Bonchev–Trinajstić information content (AvgIpc) is 3.17. The van der Waals surface area contributed by atoms with Crippen LogP contribution in [-0.2, 0) is 11.2 Å². The summed E-state index contributed by atoms with van der Waals surface area (Å²) in [4.78, 5) is 13.8. The van der Waals surface area contributed by atoms with Gasteiger partial charge in [-0.25, -0.2) is 0 Å². The molecule has 1 heterocycles. The van der Waals surface area contributed by atoms with Crippen molar-refractivity contribution in [2.45, 2.75) is 25.7 Å². The molecule has 6 nitrogen and oxygen atoms in total. The number of benzene rings is 2. The van der Waals surface area contributed by atoms with E-state index < -0.39 is 0 Å². The summed E-state index contributed by atoms with van der Waals surface area (Å²) < 4.78 is 10.6. The van der Waals surface area contributed by atoms with E-state index >= 15 is 0 Å². The van der Waals surface area contributed by atoms with Crippen LogP contribution in [0.2, 0.25) is 0 Å². The van der Waals surface area contributed by atoms with Crippen molar-refractivity contribution in [3.05, 3.63) is 48.0 Å². The number of aryl methyl sites for hydroxylation is 1. The van der Waals surface area contributed by atoms with Crippen LogP contribution >= 0.6 is 12.2 Å². The number of nitrogens with zero attached hydrogens (tertiary/aromatic N) is 1. The minimum absolute atomic E-state index is 0.179. The SMILES string of the molecule is COc1ccc(CCCNC(=S)Nc2cccc(N3CCCC3=O)c2)cc1OC. The number of hydrogen-bond acceptors (Lipinski definition) is 4. The quantitative estimate of drug-likeness (QED) is 0.508.